The Bertz CT molecular complexity index is 1610. The Kier molecular flexibility index (Phi) is 8.33. The lowest BCUT2D eigenvalue weighted by molar-refractivity contribution is 0.0136. The number of piperazine rings is 1. The molecule has 1 aliphatic heterocycles. The molecule has 0 bridgehead atoms. The third kappa shape index (κ3) is 6.55. The fourth-order valence-corrected chi connectivity index (χ4v) is 5.12. The normalized spacial score (nSPS) is 14.3. The highest BCUT2D eigenvalue weighted by Gasteiger charge is 2.27. The molecule has 0 unspecified atom stereocenters. The second kappa shape index (κ2) is 11.9. The molecule has 1 aliphatic rings. The molecule has 1 aromatic heterocycles. The third-order valence-electron chi connectivity index (χ3n) is 6.90. The first-order valence-electron chi connectivity index (χ1n) is 13.9. The molecule has 0 spiro atoms. The monoisotopic (exact) mass is 574 g/mol. The molecule has 9 heteroatoms. The quantitative estimate of drug-likeness (QED) is 0.275. The first kappa shape index (κ1) is 28.6. The van der Waals surface area contributed by atoms with Crippen LogP contribution in [-0.2, 0) is 11.3 Å². The number of halogens is 1. The molecule has 1 fully saturated rings. The van der Waals surface area contributed by atoms with E-state index in [1.54, 1.807) is 27.7 Å². The van der Waals surface area contributed by atoms with Crippen molar-refractivity contribution < 1.29 is 14.3 Å². The molecule has 1 amide bonds. The predicted octanol–water partition coefficient (Wildman–Crippen LogP) is 6.16. The van der Waals surface area contributed by atoms with Crippen LogP contribution in [0, 0.1) is 0 Å². The van der Waals surface area contributed by atoms with Gasteiger partial charge in [-0.1, -0.05) is 48.0 Å². The largest absolute Gasteiger partial charge is 0.492 e. The van der Waals surface area contributed by atoms with E-state index in [1.165, 1.54) is 0 Å². The van der Waals surface area contributed by atoms with Crippen molar-refractivity contribution in [3.63, 3.8) is 0 Å². The van der Waals surface area contributed by atoms with Crippen LogP contribution in [0.5, 0.6) is 5.75 Å². The molecular weight excluding hydrogens is 540 g/mol. The third-order valence-corrected chi connectivity index (χ3v) is 7.13. The zero-order valence-corrected chi connectivity index (χ0v) is 24.6. The molecule has 5 rings (SSSR count). The van der Waals surface area contributed by atoms with E-state index < -0.39 is 5.60 Å². The molecule has 8 nitrogen and oxygen atoms in total. The van der Waals surface area contributed by atoms with Gasteiger partial charge in [-0.3, -0.25) is 14.3 Å². The first-order chi connectivity index (χ1) is 19.6. The van der Waals surface area contributed by atoms with Gasteiger partial charge in [-0.05, 0) is 63.1 Å². The Hall–Kier alpha value is -3.88. The van der Waals surface area contributed by atoms with Crippen LogP contribution in [0.2, 0.25) is 5.02 Å². The van der Waals surface area contributed by atoms with Gasteiger partial charge in [0.1, 0.15) is 17.2 Å². The van der Waals surface area contributed by atoms with E-state index >= 15 is 0 Å². The van der Waals surface area contributed by atoms with E-state index in [-0.39, 0.29) is 11.7 Å². The maximum Gasteiger partial charge on any atom is 0.410 e. The van der Waals surface area contributed by atoms with Gasteiger partial charge in [0.25, 0.3) is 5.56 Å². The summed E-state index contributed by atoms with van der Waals surface area (Å²) in [5.74, 6) is 1.10. The number of hydrogen-bond donors (Lipinski definition) is 0. The fraction of sp³-hybridized carbons (Fsp3) is 0.344. The van der Waals surface area contributed by atoms with Crippen LogP contribution in [-0.4, -0.2) is 63.8 Å². The lowest BCUT2D eigenvalue weighted by Crippen LogP contribution is -2.50. The predicted molar refractivity (Wildman–Crippen MR) is 162 cm³/mol. The van der Waals surface area contributed by atoms with Gasteiger partial charge in [0.2, 0.25) is 0 Å². The molecule has 1 saturated heterocycles. The summed E-state index contributed by atoms with van der Waals surface area (Å²) in [6.07, 6.45) is -0.311. The summed E-state index contributed by atoms with van der Waals surface area (Å²) in [6.45, 7) is 10.6. The summed E-state index contributed by atoms with van der Waals surface area (Å²) in [6, 6.07) is 21.0. The van der Waals surface area contributed by atoms with E-state index in [4.69, 9.17) is 26.1 Å². The Balaban J connectivity index is 1.54. The van der Waals surface area contributed by atoms with Crippen LogP contribution in [0.4, 0.5) is 4.79 Å². The van der Waals surface area contributed by atoms with Gasteiger partial charge in [0.15, 0.2) is 0 Å². The molecule has 2 heterocycles. The summed E-state index contributed by atoms with van der Waals surface area (Å²) in [4.78, 5) is 35.7. The molecule has 0 aliphatic carbocycles. The number of ether oxygens (including phenoxy) is 2. The number of nitrogens with zero attached hydrogens (tertiary/aromatic N) is 4. The number of carbonyl (C=O) groups excluding carboxylic acids is 1. The number of aromatic nitrogens is 2. The first-order valence-corrected chi connectivity index (χ1v) is 14.2. The molecule has 0 saturated carbocycles. The molecule has 214 valence electrons. The van der Waals surface area contributed by atoms with Crippen LogP contribution in [0.3, 0.4) is 0 Å². The van der Waals surface area contributed by atoms with Crippen LogP contribution in [0.1, 0.15) is 33.5 Å². The molecule has 41 heavy (non-hydrogen) atoms. The van der Waals surface area contributed by atoms with Gasteiger partial charge in [0.05, 0.1) is 29.7 Å². The zero-order valence-electron chi connectivity index (χ0n) is 23.9. The fourth-order valence-electron chi connectivity index (χ4n) is 4.96. The highest BCUT2D eigenvalue weighted by atomic mass is 35.5. The van der Waals surface area contributed by atoms with Crippen LogP contribution < -0.4 is 10.3 Å². The Morgan fingerprint density at radius 3 is 2.37 bits per heavy atom. The van der Waals surface area contributed by atoms with Gasteiger partial charge in [-0.15, -0.1) is 0 Å². The minimum absolute atomic E-state index is 0.182. The smallest absolute Gasteiger partial charge is 0.410 e. The van der Waals surface area contributed by atoms with E-state index in [1.807, 2.05) is 76.2 Å². The maximum absolute atomic E-state index is 14.2. The summed E-state index contributed by atoms with van der Waals surface area (Å²) in [5.41, 5.74) is 2.45. The lowest BCUT2D eigenvalue weighted by atomic mass is 10.0. The lowest BCUT2D eigenvalue weighted by Gasteiger charge is -2.35. The molecule has 4 aromatic rings. The number of hydrogen-bond acceptors (Lipinski definition) is 6. The minimum Gasteiger partial charge on any atom is -0.492 e. The van der Waals surface area contributed by atoms with E-state index in [2.05, 4.69) is 4.90 Å². The van der Waals surface area contributed by atoms with E-state index in [0.717, 1.165) is 11.1 Å². The van der Waals surface area contributed by atoms with Gasteiger partial charge < -0.3 is 14.4 Å². The summed E-state index contributed by atoms with van der Waals surface area (Å²) < 4.78 is 13.1. The van der Waals surface area contributed by atoms with E-state index in [0.29, 0.717) is 72.5 Å². The standard InChI is InChI=1S/C32H35ClN4O4/c1-5-40-28-20-24(33)12-14-27(28)37-29(21-35-15-17-36(18-16-35)31(39)41-32(2,3)4)34-26-13-11-23(19-25(26)30(37)38)22-9-7-6-8-10-22/h6-14,19-20H,5,15-18,21H2,1-4H3. The maximum atomic E-state index is 14.2. The van der Waals surface area contributed by atoms with Crippen LogP contribution in [0.15, 0.2) is 71.5 Å². The van der Waals surface area contributed by atoms with Crippen molar-refractivity contribution >= 4 is 28.6 Å². The van der Waals surface area contributed by atoms with Gasteiger partial charge >= 0.3 is 6.09 Å². The second-order valence-electron chi connectivity index (χ2n) is 11.1. The summed E-state index contributed by atoms with van der Waals surface area (Å²) >= 11 is 6.30. The van der Waals surface area contributed by atoms with Crippen LogP contribution in [0.25, 0.3) is 27.7 Å². The second-order valence-corrected chi connectivity index (χ2v) is 11.5. The Morgan fingerprint density at radius 2 is 1.68 bits per heavy atom. The van der Waals surface area contributed by atoms with Gasteiger partial charge in [-0.2, -0.15) is 0 Å². The van der Waals surface area contributed by atoms with Crippen molar-refractivity contribution in [3.05, 3.63) is 87.9 Å². The molecule has 0 atom stereocenters. The minimum atomic E-state index is -0.545. The molecule has 3 aromatic carbocycles. The summed E-state index contributed by atoms with van der Waals surface area (Å²) in [5, 5.41) is 1.03. The van der Waals surface area contributed by atoms with Crippen molar-refractivity contribution in [2.24, 2.45) is 0 Å². The topological polar surface area (TPSA) is 76.9 Å². The van der Waals surface area contributed by atoms with E-state index in [9.17, 15) is 9.59 Å². The van der Waals surface area contributed by atoms with Crippen molar-refractivity contribution in [1.82, 2.24) is 19.4 Å². The van der Waals surface area contributed by atoms with Crippen molar-refractivity contribution in [2.45, 2.75) is 39.8 Å². The average molecular weight is 575 g/mol. The van der Waals surface area contributed by atoms with Crippen molar-refractivity contribution in [2.75, 3.05) is 32.8 Å². The SMILES string of the molecule is CCOc1cc(Cl)ccc1-n1c(CN2CCN(C(=O)OC(C)(C)C)CC2)nc2ccc(-c3ccccc3)cc2c1=O. The Labute approximate surface area is 245 Å². The van der Waals surface area contributed by atoms with Crippen molar-refractivity contribution in [3.8, 4) is 22.6 Å². The highest BCUT2D eigenvalue weighted by molar-refractivity contribution is 6.30. The molecule has 0 radical (unpaired) electrons. The van der Waals surface area contributed by atoms with Gasteiger partial charge in [-0.25, -0.2) is 9.78 Å². The number of carbonyl (C=O) groups is 1. The highest BCUT2D eigenvalue weighted by Crippen LogP contribution is 2.29. The molecular formula is C32H35ClN4O4. The summed E-state index contributed by atoms with van der Waals surface area (Å²) in [7, 11) is 0. The molecule has 0 N–H and O–H groups in total. The number of rotatable bonds is 6. The zero-order chi connectivity index (χ0) is 29.1. The Morgan fingerprint density at radius 1 is 0.951 bits per heavy atom. The van der Waals surface area contributed by atoms with Crippen molar-refractivity contribution in [1.29, 1.82) is 0 Å². The number of benzene rings is 3. The average Bonchev–Trinajstić information content (AvgIpc) is 2.94. The number of fused-ring (bicyclic) bond motifs is 1. The van der Waals surface area contributed by atoms with Crippen LogP contribution >= 0.6 is 11.6 Å². The number of amides is 1. The van der Waals surface area contributed by atoms with Gasteiger partial charge in [0, 0.05) is 37.3 Å².